The zero-order valence-electron chi connectivity index (χ0n) is 18.6. The first kappa shape index (κ1) is 25.6. The summed E-state index contributed by atoms with van der Waals surface area (Å²) in [6.07, 6.45) is 4.15. The topological polar surface area (TPSA) is 80.3 Å². The monoisotopic (exact) mass is 455 g/mol. The van der Waals surface area contributed by atoms with Crippen LogP contribution in [-0.4, -0.2) is 30.5 Å². The maximum atomic E-state index is 14.1. The molecule has 3 rings (SSSR count). The van der Waals surface area contributed by atoms with Gasteiger partial charge in [0.25, 0.3) is 5.91 Å². The lowest BCUT2D eigenvalue weighted by atomic mass is 9.98. The molecule has 0 spiro atoms. The van der Waals surface area contributed by atoms with E-state index in [0.29, 0.717) is 5.56 Å². The van der Waals surface area contributed by atoms with Crippen LogP contribution in [0.15, 0.2) is 67.0 Å². The number of carbonyl (C=O) groups is 2. The second-order valence-corrected chi connectivity index (χ2v) is 6.96. The van der Waals surface area contributed by atoms with Crippen molar-refractivity contribution in [2.45, 2.75) is 26.4 Å². The van der Waals surface area contributed by atoms with Gasteiger partial charge in [-0.1, -0.05) is 37.3 Å². The van der Waals surface area contributed by atoms with E-state index in [1.165, 1.54) is 24.7 Å². The summed E-state index contributed by atoms with van der Waals surface area (Å²) in [5.41, 5.74) is 4.73. The van der Waals surface area contributed by atoms with Crippen LogP contribution >= 0.6 is 0 Å². The third kappa shape index (κ3) is 8.42. The molecule has 0 aliphatic rings. The lowest BCUT2D eigenvalue weighted by molar-refractivity contribution is -0.144. The van der Waals surface area contributed by atoms with Gasteiger partial charge in [0.05, 0.1) is 6.42 Å². The number of pyridine rings is 1. The number of hydrogen-bond donors (Lipinski definition) is 2. The number of aromatic nitrogens is 1. The Morgan fingerprint density at radius 3 is 2.52 bits per heavy atom. The molecule has 1 aromatic heterocycles. The molecule has 2 aromatic carbocycles. The minimum Gasteiger partial charge on any atom is -0.461 e. The van der Waals surface area contributed by atoms with E-state index in [9.17, 15) is 18.5 Å². The molecule has 0 bridgehead atoms. The molecular weight excluding hydrogens is 428 g/mol. The maximum absolute atomic E-state index is 14.1. The Bertz CT molecular complexity index is 1050. The van der Waals surface area contributed by atoms with Crippen LogP contribution in [0, 0.1) is 5.82 Å². The van der Waals surface area contributed by atoms with E-state index in [1.54, 1.807) is 18.5 Å². The molecule has 0 radical (unpaired) electrons. The average molecular weight is 456 g/mol. The van der Waals surface area contributed by atoms with Crippen molar-refractivity contribution in [3.8, 4) is 11.1 Å². The molecule has 0 aliphatic heterocycles. The lowest BCUT2D eigenvalue weighted by Gasteiger charge is -2.10. The quantitative estimate of drug-likeness (QED) is 0.389. The summed E-state index contributed by atoms with van der Waals surface area (Å²) in [7, 11) is 1.21. The number of carbonyl (C=O) groups excluding carboxylic acids is 2. The summed E-state index contributed by atoms with van der Waals surface area (Å²) >= 11 is 0. The van der Waals surface area contributed by atoms with Gasteiger partial charge < -0.3 is 10.1 Å². The molecule has 1 amide bonds. The summed E-state index contributed by atoms with van der Waals surface area (Å²) in [6.45, 7) is 2.29. The van der Waals surface area contributed by atoms with Crippen molar-refractivity contribution in [2.75, 3.05) is 13.6 Å². The number of halogens is 2. The van der Waals surface area contributed by atoms with Crippen LogP contribution < -0.4 is 10.9 Å². The third-order valence-corrected chi connectivity index (χ3v) is 4.62. The molecule has 33 heavy (non-hydrogen) atoms. The molecule has 0 aliphatic carbocycles. The van der Waals surface area contributed by atoms with Crippen molar-refractivity contribution in [3.63, 3.8) is 0 Å². The fourth-order valence-electron chi connectivity index (χ4n) is 3.06. The first-order chi connectivity index (χ1) is 16.0. The third-order valence-electron chi connectivity index (χ3n) is 4.62. The van der Waals surface area contributed by atoms with Crippen molar-refractivity contribution >= 4 is 11.9 Å². The number of nitrogens with one attached hydrogen (secondary N) is 2. The molecule has 0 unspecified atom stereocenters. The summed E-state index contributed by atoms with van der Waals surface area (Å²) in [4.78, 5) is 28.4. The van der Waals surface area contributed by atoms with E-state index in [1.807, 2.05) is 43.3 Å². The van der Waals surface area contributed by atoms with Gasteiger partial charge in [0.2, 0.25) is 0 Å². The summed E-state index contributed by atoms with van der Waals surface area (Å²) < 4.78 is 29.4. The van der Waals surface area contributed by atoms with Gasteiger partial charge in [0.1, 0.15) is 12.4 Å². The first-order valence-electron chi connectivity index (χ1n) is 10.5. The highest BCUT2D eigenvalue weighted by atomic mass is 19.2. The van der Waals surface area contributed by atoms with Gasteiger partial charge in [0.15, 0.2) is 0 Å². The zero-order valence-corrected chi connectivity index (χ0v) is 18.6. The van der Waals surface area contributed by atoms with Crippen LogP contribution in [0.5, 0.6) is 0 Å². The lowest BCUT2D eigenvalue weighted by Crippen LogP contribution is -2.26. The van der Waals surface area contributed by atoms with E-state index in [-0.39, 0.29) is 25.1 Å². The zero-order chi connectivity index (χ0) is 24.1. The van der Waals surface area contributed by atoms with Crippen LogP contribution in [0.3, 0.4) is 0 Å². The molecule has 0 atom stereocenters. The van der Waals surface area contributed by atoms with Gasteiger partial charge in [-0.25, -0.2) is 4.39 Å². The molecular formula is C25H27F2N3O3. The second kappa shape index (κ2) is 13.7. The summed E-state index contributed by atoms with van der Waals surface area (Å²) in [5.74, 6) is -1.37. The number of aryl methyl sites for hydroxylation is 1. The van der Waals surface area contributed by atoms with Crippen LogP contribution in [-0.2, 0) is 22.6 Å². The summed E-state index contributed by atoms with van der Waals surface area (Å²) in [6, 6.07) is 15.4. The Kier molecular flexibility index (Phi) is 10.6. The molecule has 0 fully saturated rings. The Labute approximate surface area is 191 Å². The second-order valence-electron chi connectivity index (χ2n) is 6.96. The van der Waals surface area contributed by atoms with Crippen molar-refractivity contribution in [1.82, 2.24) is 15.8 Å². The van der Waals surface area contributed by atoms with Crippen LogP contribution in [0.1, 0.15) is 34.8 Å². The predicted molar refractivity (Wildman–Crippen MR) is 122 cm³/mol. The van der Waals surface area contributed by atoms with E-state index in [0.717, 1.165) is 23.1 Å². The van der Waals surface area contributed by atoms with Gasteiger partial charge in [-0.05, 0) is 47.4 Å². The molecule has 174 valence electrons. The molecule has 0 saturated carbocycles. The van der Waals surface area contributed by atoms with Gasteiger partial charge in [-0.2, -0.15) is 5.54 Å². The SMILES string of the molecule is CCc1ccncc1-c1cc(F)cc(C(=O)NCCC(=O)OCc2ccccc2)c1.CNF. The number of hydrogen-bond acceptors (Lipinski definition) is 5. The molecule has 3 aromatic rings. The summed E-state index contributed by atoms with van der Waals surface area (Å²) in [5, 5.41) is 2.64. The highest BCUT2D eigenvalue weighted by Gasteiger charge is 2.13. The van der Waals surface area contributed by atoms with E-state index < -0.39 is 17.7 Å². The van der Waals surface area contributed by atoms with Gasteiger partial charge in [-0.15, -0.1) is 4.48 Å². The van der Waals surface area contributed by atoms with E-state index >= 15 is 0 Å². The first-order valence-corrected chi connectivity index (χ1v) is 10.5. The standard InChI is InChI=1S/C24H23FN2O3.CH4FN/c1-2-18-8-10-26-15-22(18)19-12-20(14-21(25)13-19)24(29)27-11-9-23(28)30-16-17-6-4-3-5-7-17;1-3-2/h3-8,10,12-15H,2,9,11,16H2,1H3,(H,27,29);3H,1H3. The Morgan fingerprint density at radius 2 is 1.82 bits per heavy atom. The highest BCUT2D eigenvalue weighted by Crippen LogP contribution is 2.25. The largest absolute Gasteiger partial charge is 0.461 e. The smallest absolute Gasteiger partial charge is 0.307 e. The van der Waals surface area contributed by atoms with E-state index in [2.05, 4.69) is 10.3 Å². The fraction of sp³-hybridized carbons (Fsp3) is 0.240. The Balaban J connectivity index is 0.00000122. The normalized spacial score (nSPS) is 10.1. The van der Waals surface area contributed by atoms with Crippen molar-refractivity contribution in [3.05, 3.63) is 89.5 Å². The Hall–Kier alpha value is -3.65. The Morgan fingerprint density at radius 1 is 1.09 bits per heavy atom. The van der Waals surface area contributed by atoms with Gasteiger partial charge in [0, 0.05) is 37.1 Å². The minimum atomic E-state index is -0.508. The molecule has 8 heteroatoms. The van der Waals surface area contributed by atoms with Crippen LogP contribution in [0.4, 0.5) is 8.87 Å². The average Bonchev–Trinajstić information content (AvgIpc) is 2.83. The number of nitrogens with zero attached hydrogens (tertiary/aromatic N) is 1. The number of esters is 1. The van der Waals surface area contributed by atoms with Crippen molar-refractivity contribution in [1.29, 1.82) is 0 Å². The minimum absolute atomic E-state index is 0.0311. The molecule has 0 saturated heterocycles. The predicted octanol–water partition coefficient (Wildman–Crippen LogP) is 4.40. The van der Waals surface area contributed by atoms with Crippen LogP contribution in [0.25, 0.3) is 11.1 Å². The van der Waals surface area contributed by atoms with Gasteiger partial charge >= 0.3 is 5.97 Å². The highest BCUT2D eigenvalue weighted by molar-refractivity contribution is 5.95. The fourth-order valence-corrected chi connectivity index (χ4v) is 3.06. The number of benzene rings is 2. The van der Waals surface area contributed by atoms with Gasteiger partial charge in [-0.3, -0.25) is 14.6 Å². The van der Waals surface area contributed by atoms with E-state index in [4.69, 9.17) is 4.74 Å². The molecule has 2 N–H and O–H groups in total. The molecule has 1 heterocycles. The number of ether oxygens (including phenoxy) is 1. The molecule has 6 nitrogen and oxygen atoms in total. The number of amides is 1. The van der Waals surface area contributed by atoms with Crippen LogP contribution in [0.2, 0.25) is 0 Å². The van der Waals surface area contributed by atoms with Crippen molar-refractivity contribution in [2.24, 2.45) is 0 Å². The van der Waals surface area contributed by atoms with Crippen molar-refractivity contribution < 1.29 is 23.2 Å². The maximum Gasteiger partial charge on any atom is 0.307 e. The number of rotatable bonds is 8.